The van der Waals surface area contributed by atoms with Gasteiger partial charge >= 0.3 is 5.97 Å². The first-order valence-corrected chi connectivity index (χ1v) is 8.41. The van der Waals surface area contributed by atoms with E-state index in [1.54, 1.807) is 0 Å². The first kappa shape index (κ1) is 17.6. The van der Waals surface area contributed by atoms with Crippen molar-refractivity contribution in [3.05, 3.63) is 46.8 Å². The number of esters is 1. The molecule has 1 aromatic carbocycles. The van der Waals surface area contributed by atoms with E-state index in [-0.39, 0.29) is 29.0 Å². The molecule has 0 radical (unpaired) electrons. The molecule has 1 fully saturated rings. The number of hydrogen-bond donors (Lipinski definition) is 0. The van der Waals surface area contributed by atoms with Gasteiger partial charge in [-0.25, -0.2) is 9.18 Å². The average Bonchev–Trinajstić information content (AvgIpc) is 2.85. The van der Waals surface area contributed by atoms with Crippen LogP contribution in [0, 0.1) is 17.7 Å². The number of likely N-dealkylation sites (tertiary alicyclic amines) is 1. The van der Waals surface area contributed by atoms with E-state index in [4.69, 9.17) is 16.3 Å². The minimum atomic E-state index is -1.06. The second-order valence-corrected chi connectivity index (χ2v) is 6.59. The third kappa shape index (κ3) is 3.18. The zero-order valence-corrected chi connectivity index (χ0v) is 14.3. The van der Waals surface area contributed by atoms with E-state index < -0.39 is 29.7 Å². The van der Waals surface area contributed by atoms with Crippen LogP contribution in [-0.2, 0) is 25.7 Å². The molecule has 132 valence electrons. The third-order valence-corrected chi connectivity index (χ3v) is 5.04. The topological polar surface area (TPSA) is 63.7 Å². The van der Waals surface area contributed by atoms with Crippen LogP contribution in [0.15, 0.2) is 30.4 Å². The fraction of sp³-hybridized carbons (Fsp3) is 0.389. The smallest absolute Gasteiger partial charge is 0.329 e. The molecule has 0 aromatic heterocycles. The number of nitrogens with zero attached hydrogens (tertiary/aromatic N) is 1. The molecule has 25 heavy (non-hydrogen) atoms. The van der Waals surface area contributed by atoms with Crippen molar-refractivity contribution in [2.45, 2.75) is 32.4 Å². The number of halogens is 2. The van der Waals surface area contributed by atoms with E-state index in [1.165, 1.54) is 25.1 Å². The highest BCUT2D eigenvalue weighted by Gasteiger charge is 2.50. The van der Waals surface area contributed by atoms with Crippen molar-refractivity contribution in [1.82, 2.24) is 4.90 Å². The molecular weight excluding hydrogens is 349 g/mol. The maximum absolute atomic E-state index is 13.7. The third-order valence-electron chi connectivity index (χ3n) is 4.69. The largest absolute Gasteiger partial charge is 0.459 e. The summed E-state index contributed by atoms with van der Waals surface area (Å²) in [6, 6.07) is 3.09. The van der Waals surface area contributed by atoms with Gasteiger partial charge in [-0.2, -0.15) is 0 Å². The van der Waals surface area contributed by atoms with Crippen LogP contribution in [0.1, 0.15) is 25.3 Å². The summed E-state index contributed by atoms with van der Waals surface area (Å²) < 4.78 is 18.8. The molecule has 0 unspecified atom stereocenters. The van der Waals surface area contributed by atoms with Crippen LogP contribution >= 0.6 is 11.6 Å². The monoisotopic (exact) mass is 365 g/mol. The molecule has 0 spiro atoms. The summed E-state index contributed by atoms with van der Waals surface area (Å²) in [6.45, 7) is 1.07. The Labute approximate surface area is 149 Å². The van der Waals surface area contributed by atoms with Gasteiger partial charge in [-0.05, 0) is 31.9 Å². The molecule has 3 atom stereocenters. The summed E-state index contributed by atoms with van der Waals surface area (Å²) in [5.41, 5.74) is 0.0571. The van der Waals surface area contributed by atoms with Gasteiger partial charge < -0.3 is 4.74 Å². The average molecular weight is 366 g/mol. The fourth-order valence-corrected chi connectivity index (χ4v) is 3.46. The van der Waals surface area contributed by atoms with Gasteiger partial charge in [-0.3, -0.25) is 14.5 Å². The Hall–Kier alpha value is -2.21. The summed E-state index contributed by atoms with van der Waals surface area (Å²) in [7, 11) is 0. The van der Waals surface area contributed by atoms with Gasteiger partial charge in [0.25, 0.3) is 0 Å². The number of imide groups is 1. The lowest BCUT2D eigenvalue weighted by atomic mass is 9.85. The number of fused-ring (bicyclic) bond motifs is 1. The molecule has 3 rings (SSSR count). The van der Waals surface area contributed by atoms with Gasteiger partial charge in [0.2, 0.25) is 11.8 Å². The molecule has 1 aromatic rings. The lowest BCUT2D eigenvalue weighted by Crippen LogP contribution is -2.44. The second-order valence-electron chi connectivity index (χ2n) is 6.19. The molecule has 2 aliphatic rings. The number of rotatable bonds is 4. The van der Waals surface area contributed by atoms with Gasteiger partial charge in [-0.15, -0.1) is 0 Å². The number of carbonyl (C=O) groups is 3. The van der Waals surface area contributed by atoms with Gasteiger partial charge in [0.1, 0.15) is 18.5 Å². The van der Waals surface area contributed by atoms with E-state index in [1.807, 2.05) is 12.2 Å². The normalized spacial score (nSPS) is 23.6. The van der Waals surface area contributed by atoms with E-state index in [2.05, 4.69) is 0 Å². The Kier molecular flexibility index (Phi) is 4.90. The lowest BCUT2D eigenvalue weighted by molar-refractivity contribution is -0.159. The Bertz CT molecular complexity index is 717. The van der Waals surface area contributed by atoms with Crippen LogP contribution < -0.4 is 0 Å². The van der Waals surface area contributed by atoms with Crippen LogP contribution in [-0.4, -0.2) is 28.7 Å². The highest BCUT2D eigenvalue weighted by molar-refractivity contribution is 6.31. The SMILES string of the molecule is C[C@@H](C(=O)OCc1c(F)cccc1Cl)N1C(=O)[C@@H]2CC=CC[C@H]2C1=O. The van der Waals surface area contributed by atoms with Gasteiger partial charge in [0.05, 0.1) is 16.9 Å². The predicted molar refractivity (Wildman–Crippen MR) is 87.9 cm³/mol. The first-order chi connectivity index (χ1) is 11.9. The summed E-state index contributed by atoms with van der Waals surface area (Å²) in [5.74, 6) is -2.88. The Morgan fingerprint density at radius 2 is 1.88 bits per heavy atom. The van der Waals surface area contributed by atoms with Crippen molar-refractivity contribution in [3.8, 4) is 0 Å². The van der Waals surface area contributed by atoms with Gasteiger partial charge in [0.15, 0.2) is 0 Å². The second kappa shape index (κ2) is 6.96. The Morgan fingerprint density at radius 1 is 1.28 bits per heavy atom. The summed E-state index contributed by atoms with van der Waals surface area (Å²) in [5, 5.41) is 0.144. The van der Waals surface area contributed by atoms with Gasteiger partial charge in [0, 0.05) is 5.56 Å². The molecule has 5 nitrogen and oxygen atoms in total. The highest BCUT2D eigenvalue weighted by atomic mass is 35.5. The van der Waals surface area contributed by atoms with Crippen molar-refractivity contribution in [2.24, 2.45) is 11.8 Å². The van der Waals surface area contributed by atoms with E-state index in [0.717, 1.165) is 4.90 Å². The van der Waals surface area contributed by atoms with Crippen LogP contribution in [0.5, 0.6) is 0 Å². The molecule has 1 aliphatic carbocycles. The Morgan fingerprint density at radius 3 is 2.44 bits per heavy atom. The Balaban J connectivity index is 1.68. The molecule has 7 heteroatoms. The van der Waals surface area contributed by atoms with Crippen molar-refractivity contribution in [1.29, 1.82) is 0 Å². The minimum Gasteiger partial charge on any atom is -0.459 e. The van der Waals surface area contributed by atoms with E-state index >= 15 is 0 Å². The number of amides is 2. The van der Waals surface area contributed by atoms with E-state index in [0.29, 0.717) is 12.8 Å². The molecule has 0 saturated carbocycles. The first-order valence-electron chi connectivity index (χ1n) is 8.03. The molecule has 0 bridgehead atoms. The molecule has 0 N–H and O–H groups in total. The number of ether oxygens (including phenoxy) is 1. The molecule has 2 amide bonds. The highest BCUT2D eigenvalue weighted by Crippen LogP contribution is 2.36. The minimum absolute atomic E-state index is 0.0571. The molecule has 1 heterocycles. The summed E-state index contributed by atoms with van der Waals surface area (Å²) in [6.07, 6.45) is 4.74. The lowest BCUT2D eigenvalue weighted by Gasteiger charge is -2.21. The van der Waals surface area contributed by atoms with Crippen molar-refractivity contribution >= 4 is 29.4 Å². The maximum atomic E-state index is 13.7. The summed E-state index contributed by atoms with van der Waals surface area (Å²) >= 11 is 5.89. The standard InChI is InChI=1S/C18H17ClFNO4/c1-10(18(24)25-9-13-14(19)7-4-8-15(13)20)21-16(22)11-5-2-3-6-12(11)17(21)23/h2-4,7-8,10-12H,5-6,9H2,1H3/t10-,11+,12+/m0/s1. The molecule has 1 saturated heterocycles. The number of benzene rings is 1. The van der Waals surface area contributed by atoms with Crippen LogP contribution in [0.4, 0.5) is 4.39 Å². The van der Waals surface area contributed by atoms with E-state index in [9.17, 15) is 18.8 Å². The van der Waals surface area contributed by atoms with Crippen molar-refractivity contribution in [2.75, 3.05) is 0 Å². The number of hydrogen-bond acceptors (Lipinski definition) is 4. The van der Waals surface area contributed by atoms with Gasteiger partial charge in [-0.1, -0.05) is 29.8 Å². The maximum Gasteiger partial charge on any atom is 0.329 e. The molecular formula is C18H17ClFNO4. The summed E-state index contributed by atoms with van der Waals surface area (Å²) in [4.78, 5) is 38.2. The number of carbonyl (C=O) groups excluding carboxylic acids is 3. The zero-order chi connectivity index (χ0) is 18.1. The predicted octanol–water partition coefficient (Wildman–Crippen LogP) is 2.86. The number of allylic oxidation sites excluding steroid dienone is 2. The van der Waals surface area contributed by atoms with Crippen molar-refractivity contribution in [3.63, 3.8) is 0 Å². The zero-order valence-electron chi connectivity index (χ0n) is 13.6. The molecule has 1 aliphatic heterocycles. The van der Waals surface area contributed by atoms with Crippen molar-refractivity contribution < 1.29 is 23.5 Å². The quantitative estimate of drug-likeness (QED) is 0.467. The van der Waals surface area contributed by atoms with Crippen LogP contribution in [0.3, 0.4) is 0 Å². The van der Waals surface area contributed by atoms with Crippen LogP contribution in [0.25, 0.3) is 0 Å². The fourth-order valence-electron chi connectivity index (χ4n) is 3.25. The van der Waals surface area contributed by atoms with Crippen LogP contribution in [0.2, 0.25) is 5.02 Å².